The molecule has 3 aliphatic heterocycles. The maximum Gasteiger partial charge on any atom is 0.339 e. The minimum Gasteiger partial charge on any atom is -0.502 e. The molecule has 9 atom stereocenters. The van der Waals surface area contributed by atoms with Crippen LogP contribution in [0.15, 0.2) is 24.3 Å². The number of rotatable bonds is 9. The highest BCUT2D eigenvalue weighted by molar-refractivity contribution is 5.79. The zero-order chi connectivity index (χ0) is 36.7. The molecule has 3 heterocycles. The molecular formula is C34H36O17. The fourth-order valence-electron chi connectivity index (χ4n) is 7.11. The normalized spacial score (nSPS) is 28.7. The molecule has 17 nitrogen and oxygen atoms in total. The number of hydrogen-bond acceptors (Lipinski definition) is 17. The lowest BCUT2D eigenvalue weighted by Crippen LogP contribution is -2.64. The van der Waals surface area contributed by atoms with Gasteiger partial charge in [-0.25, -0.2) is 4.79 Å². The van der Waals surface area contributed by atoms with E-state index >= 15 is 0 Å². The van der Waals surface area contributed by atoms with Crippen molar-refractivity contribution < 1.29 is 81.2 Å². The number of hydrogen-bond donors (Lipinski definition) is 1. The quantitative estimate of drug-likeness (QED) is 0.290. The predicted octanol–water partition coefficient (Wildman–Crippen LogP) is 1.82. The molecule has 2 aromatic rings. The third-order valence-electron chi connectivity index (χ3n) is 9.10. The van der Waals surface area contributed by atoms with Crippen LogP contribution in [0.1, 0.15) is 49.5 Å². The molecule has 2 saturated heterocycles. The summed E-state index contributed by atoms with van der Waals surface area (Å²) in [5, 5.41) is 10.7. The van der Waals surface area contributed by atoms with Crippen molar-refractivity contribution in [3.05, 3.63) is 41.0 Å². The van der Waals surface area contributed by atoms with Gasteiger partial charge >= 0.3 is 29.8 Å². The van der Waals surface area contributed by atoms with Crippen LogP contribution in [0.2, 0.25) is 0 Å². The smallest absolute Gasteiger partial charge is 0.339 e. The zero-order valence-electron chi connectivity index (χ0n) is 28.4. The van der Waals surface area contributed by atoms with Gasteiger partial charge in [0, 0.05) is 32.6 Å². The van der Waals surface area contributed by atoms with E-state index in [1.54, 1.807) is 24.3 Å². The van der Waals surface area contributed by atoms with E-state index in [4.69, 9.17) is 52.1 Å². The second kappa shape index (κ2) is 14.1. The summed E-state index contributed by atoms with van der Waals surface area (Å²) >= 11 is 0. The van der Waals surface area contributed by atoms with Crippen LogP contribution in [0, 0.1) is 11.8 Å². The van der Waals surface area contributed by atoms with Gasteiger partial charge < -0.3 is 57.2 Å². The molecule has 1 aliphatic carbocycles. The number of methoxy groups -OCH3 is 3. The van der Waals surface area contributed by atoms with Crippen LogP contribution in [0.4, 0.5) is 0 Å². The summed E-state index contributed by atoms with van der Waals surface area (Å²) < 4.78 is 61.9. The second-order valence-corrected chi connectivity index (χ2v) is 12.1. The third-order valence-corrected chi connectivity index (χ3v) is 9.10. The molecular weight excluding hydrogens is 680 g/mol. The minimum absolute atomic E-state index is 0.0765. The van der Waals surface area contributed by atoms with Gasteiger partial charge in [-0.3, -0.25) is 19.2 Å². The molecule has 0 spiro atoms. The number of phenols is 1. The summed E-state index contributed by atoms with van der Waals surface area (Å²) in [6.45, 7) is 3.04. The van der Waals surface area contributed by atoms with Gasteiger partial charge in [0.2, 0.25) is 18.8 Å². The molecule has 0 saturated carbocycles. The molecule has 0 aromatic heterocycles. The highest BCUT2D eigenvalue weighted by atomic mass is 16.7. The van der Waals surface area contributed by atoms with Gasteiger partial charge in [-0.1, -0.05) is 0 Å². The number of ether oxygens (including phenoxy) is 11. The Bertz CT molecular complexity index is 1710. The van der Waals surface area contributed by atoms with E-state index in [0.717, 1.165) is 27.9 Å². The number of benzene rings is 2. The first-order valence-electron chi connectivity index (χ1n) is 15.8. The summed E-state index contributed by atoms with van der Waals surface area (Å²) in [5.74, 6) is -5.78. The number of aromatic hydroxyl groups is 1. The standard InChI is InChI=1S/C34H36O17/c1-13(35)47-28-29(48-14(2)36)31(49-15(3)37)34(51-30(28)33(40)43-6)50-27-18-10-21-20(45-12-46-21)9-17(18)24(25-19(27)11-44-32(25)39)16-7-22(41-4)26(38)23(8-16)42-5/h7-10,19,24-25,27-31,34,38H,11-12H2,1-6H3/t19?,24-,25+,27-,28+,29+,30+,31-,34-/m1/s1. The molecule has 2 aromatic carbocycles. The number of carbonyl (C=O) groups excluding carboxylic acids is 5. The van der Waals surface area contributed by atoms with Gasteiger partial charge in [0.1, 0.15) is 0 Å². The molecule has 274 valence electrons. The summed E-state index contributed by atoms with van der Waals surface area (Å²) in [6, 6.07) is 6.55. The van der Waals surface area contributed by atoms with Gasteiger partial charge in [0.15, 0.2) is 47.4 Å². The first-order valence-corrected chi connectivity index (χ1v) is 15.8. The first kappa shape index (κ1) is 35.5. The van der Waals surface area contributed by atoms with Crippen LogP contribution in [-0.2, 0) is 57.1 Å². The summed E-state index contributed by atoms with van der Waals surface area (Å²) in [7, 11) is 3.83. The van der Waals surface area contributed by atoms with E-state index in [2.05, 4.69) is 0 Å². The van der Waals surface area contributed by atoms with Gasteiger partial charge in [0.25, 0.3) is 0 Å². The molecule has 1 N–H and O–H groups in total. The van der Waals surface area contributed by atoms with E-state index < -0.39 is 84.4 Å². The Balaban J connectivity index is 1.50. The lowest BCUT2D eigenvalue weighted by Gasteiger charge is -2.46. The molecule has 1 unspecified atom stereocenters. The summed E-state index contributed by atoms with van der Waals surface area (Å²) in [4.78, 5) is 63.7. The Labute approximate surface area is 290 Å². The molecule has 4 aliphatic rings. The number of carbonyl (C=O) groups is 5. The van der Waals surface area contributed by atoms with Gasteiger partial charge in [-0.15, -0.1) is 0 Å². The van der Waals surface area contributed by atoms with Gasteiger partial charge in [-0.05, 0) is 41.0 Å². The molecule has 2 fully saturated rings. The highest BCUT2D eigenvalue weighted by Gasteiger charge is 2.59. The molecule has 51 heavy (non-hydrogen) atoms. The Morgan fingerprint density at radius 2 is 1.33 bits per heavy atom. The van der Waals surface area contributed by atoms with Crippen LogP contribution in [0.3, 0.4) is 0 Å². The van der Waals surface area contributed by atoms with Crippen LogP contribution in [-0.4, -0.2) is 100 Å². The number of esters is 5. The Kier molecular flexibility index (Phi) is 9.86. The maximum absolute atomic E-state index is 13.6. The third kappa shape index (κ3) is 6.54. The van der Waals surface area contributed by atoms with Crippen LogP contribution in [0.25, 0.3) is 0 Å². The highest BCUT2D eigenvalue weighted by Crippen LogP contribution is 2.57. The largest absolute Gasteiger partial charge is 0.502 e. The van der Waals surface area contributed by atoms with Crippen molar-refractivity contribution in [3.8, 4) is 28.7 Å². The van der Waals surface area contributed by atoms with Crippen molar-refractivity contribution in [2.75, 3.05) is 34.7 Å². The predicted molar refractivity (Wildman–Crippen MR) is 165 cm³/mol. The van der Waals surface area contributed by atoms with Gasteiger partial charge in [0.05, 0.1) is 40.0 Å². The fourth-order valence-corrected chi connectivity index (χ4v) is 7.11. The van der Waals surface area contributed by atoms with E-state index in [9.17, 15) is 29.1 Å². The molecule has 0 radical (unpaired) electrons. The Morgan fingerprint density at radius 1 is 0.765 bits per heavy atom. The number of fused-ring (bicyclic) bond motifs is 3. The monoisotopic (exact) mass is 716 g/mol. The minimum atomic E-state index is -1.71. The van der Waals surface area contributed by atoms with Gasteiger partial charge in [-0.2, -0.15) is 0 Å². The van der Waals surface area contributed by atoms with Crippen molar-refractivity contribution >= 4 is 29.8 Å². The topological polar surface area (TPSA) is 207 Å². The lowest BCUT2D eigenvalue weighted by molar-refractivity contribution is -0.316. The summed E-state index contributed by atoms with van der Waals surface area (Å²) in [5.41, 5.74) is 1.56. The zero-order valence-corrected chi connectivity index (χ0v) is 28.4. The van der Waals surface area contributed by atoms with Crippen LogP contribution >= 0.6 is 0 Å². The first-order chi connectivity index (χ1) is 24.4. The molecule has 0 amide bonds. The van der Waals surface area contributed by atoms with Crippen molar-refractivity contribution in [2.45, 2.75) is 63.5 Å². The van der Waals surface area contributed by atoms with E-state index in [1.807, 2.05) is 0 Å². The van der Waals surface area contributed by atoms with E-state index in [-0.39, 0.29) is 30.6 Å². The molecule has 0 bridgehead atoms. The average Bonchev–Trinajstić information content (AvgIpc) is 3.71. The summed E-state index contributed by atoms with van der Waals surface area (Å²) in [6.07, 6.45) is -9.24. The Hall–Kier alpha value is -5.29. The number of cyclic esters (lactones) is 1. The van der Waals surface area contributed by atoms with Crippen LogP contribution in [0.5, 0.6) is 28.7 Å². The van der Waals surface area contributed by atoms with E-state index in [0.29, 0.717) is 28.2 Å². The lowest BCUT2D eigenvalue weighted by atomic mass is 9.66. The average molecular weight is 717 g/mol. The second-order valence-electron chi connectivity index (χ2n) is 12.1. The molecule has 17 heteroatoms. The fraction of sp³-hybridized carbons (Fsp3) is 0.500. The molecule has 6 rings (SSSR count). The maximum atomic E-state index is 13.6. The SMILES string of the molecule is COC(=O)[C@H]1O[C@@H](O[C@@H]2c3cc4c(cc3[C@@H](c3cc(OC)c(O)c(OC)c3)[C@H]3C(=O)OCC23)OCO4)[C@H](OC(C)=O)[C@@H](OC(C)=O)[C@@H]1OC(C)=O. The number of phenolic OH excluding ortho intramolecular Hbond substituents is 1. The van der Waals surface area contributed by atoms with Crippen molar-refractivity contribution in [2.24, 2.45) is 11.8 Å². The van der Waals surface area contributed by atoms with Crippen molar-refractivity contribution in [1.82, 2.24) is 0 Å². The van der Waals surface area contributed by atoms with Crippen molar-refractivity contribution in [1.29, 1.82) is 0 Å². The van der Waals surface area contributed by atoms with E-state index in [1.165, 1.54) is 14.2 Å². The van der Waals surface area contributed by atoms with Crippen LogP contribution < -0.4 is 18.9 Å². The Morgan fingerprint density at radius 3 is 1.90 bits per heavy atom. The van der Waals surface area contributed by atoms with Crippen molar-refractivity contribution in [3.63, 3.8) is 0 Å².